The van der Waals surface area contributed by atoms with Gasteiger partial charge in [0.05, 0.1) is 18.3 Å². The molecule has 0 spiro atoms. The molecular formula is C27H25FN2O7. The zero-order valence-corrected chi connectivity index (χ0v) is 19.9. The van der Waals surface area contributed by atoms with Gasteiger partial charge in [0.2, 0.25) is 0 Å². The number of halogens is 1. The summed E-state index contributed by atoms with van der Waals surface area (Å²) in [5, 5.41) is 2.80. The van der Waals surface area contributed by atoms with Crippen LogP contribution in [0.15, 0.2) is 59.0 Å². The highest BCUT2D eigenvalue weighted by atomic mass is 19.1. The first-order valence-electron chi connectivity index (χ1n) is 11.9. The van der Waals surface area contributed by atoms with Gasteiger partial charge in [0, 0.05) is 18.7 Å². The summed E-state index contributed by atoms with van der Waals surface area (Å²) in [7, 11) is 0. The van der Waals surface area contributed by atoms with E-state index >= 15 is 0 Å². The van der Waals surface area contributed by atoms with Crippen molar-refractivity contribution in [1.82, 2.24) is 5.32 Å². The van der Waals surface area contributed by atoms with Gasteiger partial charge in [-0.25, -0.2) is 4.39 Å². The first kappa shape index (κ1) is 24.5. The molecule has 9 nitrogen and oxygen atoms in total. The number of hydrogen-bond acceptors (Lipinski definition) is 7. The Morgan fingerprint density at radius 3 is 2.73 bits per heavy atom. The highest BCUT2D eigenvalue weighted by Crippen LogP contribution is 2.34. The lowest BCUT2D eigenvalue weighted by Crippen LogP contribution is -2.38. The summed E-state index contributed by atoms with van der Waals surface area (Å²) < 4.78 is 35.3. The number of amides is 2. The molecule has 0 saturated carbocycles. The molecule has 2 amide bonds. The fraction of sp³-hybridized carbons (Fsp3) is 0.296. The molecule has 1 saturated heterocycles. The second-order valence-corrected chi connectivity index (χ2v) is 8.73. The summed E-state index contributed by atoms with van der Waals surface area (Å²) in [6.45, 7) is 0.740. The first-order valence-corrected chi connectivity index (χ1v) is 11.9. The van der Waals surface area contributed by atoms with Crippen molar-refractivity contribution in [2.24, 2.45) is 0 Å². The van der Waals surface area contributed by atoms with Crippen LogP contribution in [-0.4, -0.2) is 50.1 Å². The quantitative estimate of drug-likeness (QED) is 0.441. The van der Waals surface area contributed by atoms with Crippen LogP contribution in [0.5, 0.6) is 11.5 Å². The molecule has 5 rings (SSSR count). The molecule has 3 aromatic rings. The largest absolute Gasteiger partial charge is 0.485 e. The highest BCUT2D eigenvalue weighted by Gasteiger charge is 2.28. The van der Waals surface area contributed by atoms with E-state index in [-0.39, 0.29) is 49.2 Å². The van der Waals surface area contributed by atoms with E-state index in [1.807, 2.05) is 0 Å². The molecule has 0 unspecified atom stereocenters. The number of furan rings is 1. The average molecular weight is 509 g/mol. The van der Waals surface area contributed by atoms with Crippen molar-refractivity contribution >= 4 is 23.3 Å². The molecule has 1 N–H and O–H groups in total. The summed E-state index contributed by atoms with van der Waals surface area (Å²) >= 11 is 0. The van der Waals surface area contributed by atoms with Crippen molar-refractivity contribution in [3.63, 3.8) is 0 Å². The van der Waals surface area contributed by atoms with Gasteiger partial charge < -0.3 is 23.9 Å². The maximum atomic E-state index is 13.1. The van der Waals surface area contributed by atoms with E-state index in [1.54, 1.807) is 30.3 Å². The second-order valence-electron chi connectivity index (χ2n) is 8.73. The first-order chi connectivity index (χ1) is 18.0. The van der Waals surface area contributed by atoms with Crippen molar-refractivity contribution in [3.8, 4) is 11.5 Å². The van der Waals surface area contributed by atoms with Crippen LogP contribution in [0.1, 0.15) is 39.5 Å². The Bertz CT molecular complexity index is 1300. The number of Topliss-reactive ketones (excluding diaryl/α,β-unsaturated/α-hetero) is 1. The lowest BCUT2D eigenvalue weighted by molar-refractivity contribution is -0.121. The third-order valence-electron chi connectivity index (χ3n) is 6.12. The van der Waals surface area contributed by atoms with Crippen LogP contribution in [0.3, 0.4) is 0 Å². The predicted octanol–water partition coefficient (Wildman–Crippen LogP) is 3.51. The lowest BCUT2D eigenvalue weighted by Gasteiger charge is -2.29. The number of rotatable bonds is 9. The van der Waals surface area contributed by atoms with Gasteiger partial charge in [0.15, 0.2) is 24.8 Å². The van der Waals surface area contributed by atoms with Crippen LogP contribution in [0.4, 0.5) is 10.1 Å². The van der Waals surface area contributed by atoms with Crippen LogP contribution in [0.25, 0.3) is 0 Å². The molecule has 2 aliphatic rings. The van der Waals surface area contributed by atoms with Crippen molar-refractivity contribution in [1.29, 1.82) is 0 Å². The van der Waals surface area contributed by atoms with Crippen LogP contribution >= 0.6 is 0 Å². The molecule has 0 radical (unpaired) electrons. The Labute approximate surface area is 212 Å². The summed E-state index contributed by atoms with van der Waals surface area (Å²) in [6, 6.07) is 13.3. The number of carbonyl (C=O) groups is 3. The van der Waals surface area contributed by atoms with Crippen molar-refractivity contribution in [2.45, 2.75) is 25.5 Å². The van der Waals surface area contributed by atoms with Crippen molar-refractivity contribution in [3.05, 3.63) is 77.5 Å². The van der Waals surface area contributed by atoms with Gasteiger partial charge in [0.25, 0.3) is 11.8 Å². The number of carbonyl (C=O) groups excluding carboxylic acids is 3. The van der Waals surface area contributed by atoms with Gasteiger partial charge in [0.1, 0.15) is 23.1 Å². The number of nitrogens with zero attached hydrogens (tertiary/aromatic N) is 1. The van der Waals surface area contributed by atoms with E-state index in [2.05, 4.69) is 5.32 Å². The lowest BCUT2D eigenvalue weighted by atomic mass is 10.1. The second kappa shape index (κ2) is 10.8. The average Bonchev–Trinajstić information content (AvgIpc) is 3.61. The maximum absolute atomic E-state index is 13.1. The molecule has 2 aromatic carbocycles. The molecule has 0 aliphatic carbocycles. The smallest absolute Gasteiger partial charge is 0.287 e. The summed E-state index contributed by atoms with van der Waals surface area (Å²) in [4.78, 5) is 39.3. The Kier molecular flexibility index (Phi) is 7.18. The third-order valence-corrected chi connectivity index (χ3v) is 6.12. The van der Waals surface area contributed by atoms with Crippen LogP contribution in [0.2, 0.25) is 0 Å². The molecule has 1 atom stereocenters. The molecule has 1 fully saturated rings. The Hall–Kier alpha value is -4.18. The van der Waals surface area contributed by atoms with Crippen LogP contribution in [0, 0.1) is 5.82 Å². The van der Waals surface area contributed by atoms with Gasteiger partial charge in [-0.3, -0.25) is 19.3 Å². The fourth-order valence-corrected chi connectivity index (χ4v) is 4.15. The molecule has 2 aliphatic heterocycles. The standard InChI is InChI=1S/C27H25FN2O7/c28-18-4-6-19(7-5-18)35-15-23(31)17-3-9-24-22(12-17)30(26(32)16-36-24)14-21-8-10-25(37-21)27(33)29-13-20-2-1-11-34-20/h3-10,12,20H,1-2,11,13-16H2,(H,29,33)/t20-/m1/s1. The molecule has 3 heterocycles. The van der Waals surface area contributed by atoms with E-state index < -0.39 is 5.82 Å². The summed E-state index contributed by atoms with van der Waals surface area (Å²) in [6.07, 6.45) is 1.90. The predicted molar refractivity (Wildman–Crippen MR) is 129 cm³/mol. The van der Waals surface area contributed by atoms with E-state index in [4.69, 9.17) is 18.6 Å². The summed E-state index contributed by atoms with van der Waals surface area (Å²) in [5.74, 6) is -0.0621. The topological polar surface area (TPSA) is 107 Å². The SMILES string of the molecule is O=C(COc1ccc(F)cc1)c1ccc2c(c1)N(Cc1ccc(C(=O)NC[C@H]3CCCO3)o1)C(=O)CO2. The van der Waals surface area contributed by atoms with Crippen LogP contribution in [-0.2, 0) is 16.1 Å². The number of ketones is 1. The van der Waals surface area contributed by atoms with E-state index in [0.29, 0.717) is 41.7 Å². The van der Waals surface area contributed by atoms with Crippen molar-refractivity contribution in [2.75, 3.05) is 31.3 Å². The van der Waals surface area contributed by atoms with Crippen molar-refractivity contribution < 1.29 is 37.4 Å². The van der Waals surface area contributed by atoms with E-state index in [9.17, 15) is 18.8 Å². The molecule has 0 bridgehead atoms. The Morgan fingerprint density at radius 2 is 1.95 bits per heavy atom. The minimum Gasteiger partial charge on any atom is -0.485 e. The minimum absolute atomic E-state index is 0.0128. The van der Waals surface area contributed by atoms with Gasteiger partial charge >= 0.3 is 0 Å². The molecule has 192 valence electrons. The van der Waals surface area contributed by atoms with Gasteiger partial charge in [-0.15, -0.1) is 0 Å². The number of ether oxygens (including phenoxy) is 3. The maximum Gasteiger partial charge on any atom is 0.287 e. The normalized spacial score (nSPS) is 16.7. The van der Waals surface area contributed by atoms with E-state index in [0.717, 1.165) is 12.8 Å². The third kappa shape index (κ3) is 5.80. The number of nitrogens with one attached hydrogen (secondary N) is 1. The molecule has 10 heteroatoms. The van der Waals surface area contributed by atoms with Crippen LogP contribution < -0.4 is 19.7 Å². The van der Waals surface area contributed by atoms with Gasteiger partial charge in [-0.05, 0) is 67.4 Å². The Balaban J connectivity index is 1.25. The number of hydrogen-bond donors (Lipinski definition) is 1. The monoisotopic (exact) mass is 508 g/mol. The molecule has 37 heavy (non-hydrogen) atoms. The number of anilines is 1. The number of fused-ring (bicyclic) bond motifs is 1. The summed E-state index contributed by atoms with van der Waals surface area (Å²) in [5.41, 5.74) is 0.725. The van der Waals surface area contributed by atoms with Gasteiger partial charge in [-0.2, -0.15) is 0 Å². The Morgan fingerprint density at radius 1 is 1.11 bits per heavy atom. The number of benzene rings is 2. The minimum atomic E-state index is -0.402. The van der Waals surface area contributed by atoms with Gasteiger partial charge in [-0.1, -0.05) is 0 Å². The highest BCUT2D eigenvalue weighted by molar-refractivity contribution is 6.02. The fourth-order valence-electron chi connectivity index (χ4n) is 4.15. The van der Waals surface area contributed by atoms with E-state index in [1.165, 1.54) is 29.2 Å². The zero-order chi connectivity index (χ0) is 25.8. The molecule has 1 aromatic heterocycles. The zero-order valence-electron chi connectivity index (χ0n) is 19.9. The molecular weight excluding hydrogens is 483 g/mol.